The summed E-state index contributed by atoms with van der Waals surface area (Å²) in [5.41, 5.74) is 0. The third kappa shape index (κ3) is 3.88. The summed E-state index contributed by atoms with van der Waals surface area (Å²) >= 11 is 0. The molecule has 0 radical (unpaired) electrons. The quantitative estimate of drug-likeness (QED) is 0.530. The zero-order chi connectivity index (χ0) is 12.9. The lowest BCUT2D eigenvalue weighted by Gasteiger charge is -2.21. The van der Waals surface area contributed by atoms with Crippen LogP contribution in [0.2, 0.25) is 0 Å². The molecule has 2 atom stereocenters. The topological polar surface area (TPSA) is 83.9 Å². The van der Waals surface area contributed by atoms with Gasteiger partial charge in [-0.2, -0.15) is 0 Å². The lowest BCUT2D eigenvalue weighted by atomic mass is 10.1. The highest BCUT2D eigenvalue weighted by atomic mass is 16.5. The smallest absolute Gasteiger partial charge is 0.315 e. The molecule has 0 aromatic carbocycles. The SMILES string of the molecule is COC(=O)C(C)CN(C)C(=O)C(C)C(=O)O. The number of methoxy groups -OCH3 is 1. The molecule has 0 aliphatic rings. The third-order valence-electron chi connectivity index (χ3n) is 2.27. The first-order chi connectivity index (χ1) is 7.31. The van der Waals surface area contributed by atoms with Crippen LogP contribution in [0.25, 0.3) is 0 Å². The number of nitrogens with zero attached hydrogens (tertiary/aromatic N) is 1. The first kappa shape index (κ1) is 14.4. The van der Waals surface area contributed by atoms with E-state index in [-0.39, 0.29) is 6.54 Å². The van der Waals surface area contributed by atoms with Gasteiger partial charge in [-0.25, -0.2) is 0 Å². The molecule has 0 saturated carbocycles. The highest BCUT2D eigenvalue weighted by Gasteiger charge is 2.26. The molecule has 0 fully saturated rings. The van der Waals surface area contributed by atoms with E-state index < -0.39 is 29.7 Å². The molecule has 1 amide bonds. The molecule has 0 rings (SSSR count). The average molecular weight is 231 g/mol. The zero-order valence-electron chi connectivity index (χ0n) is 9.89. The summed E-state index contributed by atoms with van der Waals surface area (Å²) in [6.07, 6.45) is 0. The minimum Gasteiger partial charge on any atom is -0.481 e. The number of carboxylic acid groups (broad SMARTS) is 1. The summed E-state index contributed by atoms with van der Waals surface area (Å²) in [6.45, 7) is 3.06. The first-order valence-electron chi connectivity index (χ1n) is 4.86. The van der Waals surface area contributed by atoms with Crippen molar-refractivity contribution in [3.05, 3.63) is 0 Å². The molecule has 0 spiro atoms. The molecule has 0 aliphatic carbocycles. The normalized spacial score (nSPS) is 13.8. The van der Waals surface area contributed by atoms with Gasteiger partial charge >= 0.3 is 11.9 Å². The van der Waals surface area contributed by atoms with Gasteiger partial charge in [-0.05, 0) is 6.92 Å². The van der Waals surface area contributed by atoms with Crippen molar-refractivity contribution in [1.29, 1.82) is 0 Å². The Morgan fingerprint density at radius 3 is 2.19 bits per heavy atom. The molecule has 0 heterocycles. The van der Waals surface area contributed by atoms with Crippen LogP contribution < -0.4 is 0 Å². The van der Waals surface area contributed by atoms with E-state index in [0.717, 1.165) is 0 Å². The summed E-state index contributed by atoms with van der Waals surface area (Å²) in [5.74, 6) is -3.71. The molecule has 0 aromatic rings. The monoisotopic (exact) mass is 231 g/mol. The largest absolute Gasteiger partial charge is 0.481 e. The average Bonchev–Trinajstić information content (AvgIpc) is 2.25. The fourth-order valence-corrected chi connectivity index (χ4v) is 1.21. The van der Waals surface area contributed by atoms with E-state index in [1.165, 1.54) is 26.0 Å². The highest BCUT2D eigenvalue weighted by Crippen LogP contribution is 2.06. The van der Waals surface area contributed by atoms with Crippen LogP contribution in [0.5, 0.6) is 0 Å². The van der Waals surface area contributed by atoms with Crippen LogP contribution >= 0.6 is 0 Å². The number of carboxylic acids is 1. The molecule has 0 aliphatic heterocycles. The number of aliphatic carboxylic acids is 1. The van der Waals surface area contributed by atoms with Gasteiger partial charge < -0.3 is 14.7 Å². The highest BCUT2D eigenvalue weighted by molar-refractivity contribution is 5.96. The van der Waals surface area contributed by atoms with Crippen LogP contribution in [-0.2, 0) is 19.1 Å². The molecular formula is C10H17NO5. The second-order valence-electron chi connectivity index (χ2n) is 3.70. The van der Waals surface area contributed by atoms with E-state index in [4.69, 9.17) is 5.11 Å². The summed E-state index contributed by atoms with van der Waals surface area (Å²) in [5, 5.41) is 8.65. The summed E-state index contributed by atoms with van der Waals surface area (Å²) in [6, 6.07) is 0. The maximum Gasteiger partial charge on any atom is 0.315 e. The Bertz CT molecular complexity index is 289. The Hall–Kier alpha value is -1.59. The maximum absolute atomic E-state index is 11.5. The number of hydrogen-bond donors (Lipinski definition) is 1. The van der Waals surface area contributed by atoms with Crippen LogP contribution in [0.15, 0.2) is 0 Å². The zero-order valence-corrected chi connectivity index (χ0v) is 9.89. The van der Waals surface area contributed by atoms with Crippen molar-refractivity contribution in [3.8, 4) is 0 Å². The van der Waals surface area contributed by atoms with Gasteiger partial charge in [0.05, 0.1) is 13.0 Å². The molecule has 0 saturated heterocycles. The van der Waals surface area contributed by atoms with Gasteiger partial charge in [-0.3, -0.25) is 14.4 Å². The molecule has 6 heteroatoms. The van der Waals surface area contributed by atoms with E-state index in [1.807, 2.05) is 0 Å². The van der Waals surface area contributed by atoms with Crippen molar-refractivity contribution in [3.63, 3.8) is 0 Å². The number of carbonyl (C=O) groups is 3. The summed E-state index contributed by atoms with van der Waals surface area (Å²) in [7, 11) is 2.72. The number of amides is 1. The maximum atomic E-state index is 11.5. The Labute approximate surface area is 94.2 Å². The number of esters is 1. The Morgan fingerprint density at radius 1 is 1.31 bits per heavy atom. The van der Waals surface area contributed by atoms with Gasteiger partial charge in [-0.1, -0.05) is 6.92 Å². The Morgan fingerprint density at radius 2 is 1.81 bits per heavy atom. The number of ether oxygens (including phenoxy) is 1. The summed E-state index contributed by atoms with van der Waals surface area (Å²) in [4.78, 5) is 34.4. The fourth-order valence-electron chi connectivity index (χ4n) is 1.21. The first-order valence-corrected chi connectivity index (χ1v) is 4.86. The van der Waals surface area contributed by atoms with E-state index in [2.05, 4.69) is 4.74 Å². The molecule has 6 nitrogen and oxygen atoms in total. The number of carbonyl (C=O) groups excluding carboxylic acids is 2. The van der Waals surface area contributed by atoms with Gasteiger partial charge in [-0.15, -0.1) is 0 Å². The second-order valence-corrected chi connectivity index (χ2v) is 3.70. The van der Waals surface area contributed by atoms with E-state index in [0.29, 0.717) is 0 Å². The molecule has 1 N–H and O–H groups in total. The van der Waals surface area contributed by atoms with E-state index >= 15 is 0 Å². The van der Waals surface area contributed by atoms with Crippen LogP contribution in [0, 0.1) is 11.8 Å². The van der Waals surface area contributed by atoms with Crippen molar-refractivity contribution in [2.45, 2.75) is 13.8 Å². The summed E-state index contributed by atoms with van der Waals surface area (Å²) < 4.78 is 4.51. The predicted molar refractivity (Wildman–Crippen MR) is 55.6 cm³/mol. The second kappa shape index (κ2) is 6.09. The van der Waals surface area contributed by atoms with Gasteiger partial charge in [0.25, 0.3) is 0 Å². The van der Waals surface area contributed by atoms with Crippen molar-refractivity contribution < 1.29 is 24.2 Å². The van der Waals surface area contributed by atoms with Crippen LogP contribution in [-0.4, -0.2) is 48.6 Å². The predicted octanol–water partition coefficient (Wildman–Crippen LogP) is -0.0254. The fraction of sp³-hybridized carbons (Fsp3) is 0.700. The van der Waals surface area contributed by atoms with Crippen LogP contribution in [0.3, 0.4) is 0 Å². The van der Waals surface area contributed by atoms with Crippen LogP contribution in [0.4, 0.5) is 0 Å². The van der Waals surface area contributed by atoms with Crippen LogP contribution in [0.1, 0.15) is 13.8 Å². The van der Waals surface area contributed by atoms with Crippen molar-refractivity contribution in [2.24, 2.45) is 11.8 Å². The molecule has 2 unspecified atom stereocenters. The number of hydrogen-bond acceptors (Lipinski definition) is 4. The molecule has 0 bridgehead atoms. The molecule has 16 heavy (non-hydrogen) atoms. The van der Waals surface area contributed by atoms with Crippen molar-refractivity contribution in [1.82, 2.24) is 4.90 Å². The minimum atomic E-state index is -1.18. The van der Waals surface area contributed by atoms with Gasteiger partial charge in [0.1, 0.15) is 5.92 Å². The van der Waals surface area contributed by atoms with E-state index in [9.17, 15) is 14.4 Å². The lowest BCUT2D eigenvalue weighted by Crippen LogP contribution is -2.39. The Kier molecular flexibility index (Phi) is 5.49. The van der Waals surface area contributed by atoms with Crippen molar-refractivity contribution in [2.75, 3.05) is 20.7 Å². The van der Waals surface area contributed by atoms with E-state index in [1.54, 1.807) is 6.92 Å². The molecule has 0 aromatic heterocycles. The van der Waals surface area contributed by atoms with Gasteiger partial charge in [0.15, 0.2) is 0 Å². The lowest BCUT2D eigenvalue weighted by molar-refractivity contribution is -0.150. The van der Waals surface area contributed by atoms with Crippen molar-refractivity contribution >= 4 is 17.8 Å². The number of rotatable bonds is 5. The molecule has 92 valence electrons. The Balaban J connectivity index is 4.36. The third-order valence-corrected chi connectivity index (χ3v) is 2.27. The van der Waals surface area contributed by atoms with Gasteiger partial charge in [0.2, 0.25) is 5.91 Å². The standard InChI is InChI=1S/C10H17NO5/c1-6(10(15)16-4)5-11(3)8(12)7(2)9(13)14/h6-7H,5H2,1-4H3,(H,13,14). The molecular weight excluding hydrogens is 214 g/mol. The minimum absolute atomic E-state index is 0.142. The van der Waals surface area contributed by atoms with Gasteiger partial charge in [0, 0.05) is 13.6 Å².